The van der Waals surface area contributed by atoms with E-state index in [1.807, 2.05) is 6.92 Å². The fourth-order valence-corrected chi connectivity index (χ4v) is 3.69. The monoisotopic (exact) mass is 401 g/mol. The third-order valence-corrected chi connectivity index (χ3v) is 5.10. The van der Waals surface area contributed by atoms with Gasteiger partial charge >= 0.3 is 5.97 Å². The molecule has 1 unspecified atom stereocenters. The van der Waals surface area contributed by atoms with Gasteiger partial charge in [0.25, 0.3) is 5.91 Å². The van der Waals surface area contributed by atoms with Gasteiger partial charge in [-0.15, -0.1) is 0 Å². The maximum Gasteiger partial charge on any atom is 0.311 e. The third kappa shape index (κ3) is 3.72. The number of nitrogens with zero attached hydrogens (tertiary/aromatic N) is 1. The van der Waals surface area contributed by atoms with Crippen LogP contribution in [0.4, 0.5) is 8.78 Å². The van der Waals surface area contributed by atoms with Gasteiger partial charge in [0, 0.05) is 16.6 Å². The van der Waals surface area contributed by atoms with E-state index in [2.05, 4.69) is 0 Å². The van der Waals surface area contributed by atoms with Crippen LogP contribution in [0.25, 0.3) is 10.9 Å². The normalized spacial score (nSPS) is 12.3. The lowest BCUT2D eigenvalue weighted by atomic mass is 9.91. The highest BCUT2D eigenvalue weighted by Gasteiger charge is 2.29. The molecule has 3 aromatic rings. The molecule has 2 N–H and O–H groups in total. The minimum atomic E-state index is -1.14. The number of phenols is 1. The SMILES string of the molecule is CCCCC(C(=O)O)c1c(C)n(C(=O)c2ccc(F)c(F)c2)c2ccc(O)cc12. The van der Waals surface area contributed by atoms with Gasteiger partial charge in [-0.05, 0) is 55.3 Å². The van der Waals surface area contributed by atoms with Crippen molar-refractivity contribution >= 4 is 22.8 Å². The number of aliphatic carboxylic acids is 1. The Morgan fingerprint density at radius 1 is 1.10 bits per heavy atom. The fraction of sp³-hybridized carbons (Fsp3) is 0.273. The molecule has 0 saturated carbocycles. The highest BCUT2D eigenvalue weighted by Crippen LogP contribution is 2.37. The molecule has 0 aliphatic carbocycles. The van der Waals surface area contributed by atoms with Crippen LogP contribution in [-0.2, 0) is 4.79 Å². The third-order valence-electron chi connectivity index (χ3n) is 5.10. The number of aromatic hydroxyl groups is 1. The highest BCUT2D eigenvalue weighted by atomic mass is 19.2. The minimum absolute atomic E-state index is 0.0594. The van der Waals surface area contributed by atoms with Crippen LogP contribution in [-0.4, -0.2) is 26.7 Å². The number of carboxylic acid groups (broad SMARTS) is 1. The van der Waals surface area contributed by atoms with Crippen LogP contribution < -0.4 is 0 Å². The molecule has 1 atom stereocenters. The summed E-state index contributed by atoms with van der Waals surface area (Å²) < 4.78 is 28.2. The van der Waals surface area contributed by atoms with Gasteiger partial charge in [0.2, 0.25) is 0 Å². The van der Waals surface area contributed by atoms with Crippen LogP contribution in [0.3, 0.4) is 0 Å². The predicted molar refractivity (Wildman–Crippen MR) is 104 cm³/mol. The Kier molecular flexibility index (Phi) is 5.68. The molecule has 152 valence electrons. The fourth-order valence-electron chi connectivity index (χ4n) is 3.69. The number of aromatic nitrogens is 1. The summed E-state index contributed by atoms with van der Waals surface area (Å²) in [6, 6.07) is 7.19. The molecular formula is C22H21F2NO4. The van der Waals surface area contributed by atoms with E-state index in [0.717, 1.165) is 18.6 Å². The summed E-state index contributed by atoms with van der Waals surface area (Å²) in [5, 5.41) is 20.2. The number of halogens is 2. The summed E-state index contributed by atoms with van der Waals surface area (Å²) in [4.78, 5) is 25.1. The molecule has 0 spiro atoms. The van der Waals surface area contributed by atoms with Crippen molar-refractivity contribution in [1.82, 2.24) is 4.57 Å². The molecule has 0 aliphatic rings. The number of carbonyl (C=O) groups is 2. The Hall–Kier alpha value is -3.22. The molecule has 5 nitrogen and oxygen atoms in total. The van der Waals surface area contributed by atoms with Gasteiger partial charge in [0.15, 0.2) is 11.6 Å². The Morgan fingerprint density at radius 3 is 2.45 bits per heavy atom. The first kappa shape index (κ1) is 20.5. The number of fused-ring (bicyclic) bond motifs is 1. The van der Waals surface area contributed by atoms with Crippen LogP contribution in [0, 0.1) is 18.6 Å². The second-order valence-corrected chi connectivity index (χ2v) is 7.00. The molecule has 0 radical (unpaired) electrons. The topological polar surface area (TPSA) is 79.5 Å². The van der Waals surface area contributed by atoms with Crippen LogP contribution in [0.15, 0.2) is 36.4 Å². The van der Waals surface area contributed by atoms with E-state index in [0.29, 0.717) is 35.0 Å². The Morgan fingerprint density at radius 2 is 1.83 bits per heavy atom. The Bertz CT molecular complexity index is 1100. The standard InChI is InChI=1S/C22H21F2NO4/c1-3-4-5-15(22(28)29)20-12(2)25(19-9-7-14(26)11-16(19)20)21(27)13-6-8-17(23)18(24)10-13/h6-11,15,26H,3-5H2,1-2H3,(H,28,29). The summed E-state index contributed by atoms with van der Waals surface area (Å²) in [6.07, 6.45) is 1.86. The van der Waals surface area contributed by atoms with Crippen molar-refractivity contribution in [2.75, 3.05) is 0 Å². The van der Waals surface area contributed by atoms with Gasteiger partial charge in [0.1, 0.15) is 5.75 Å². The maximum atomic E-state index is 13.7. The smallest absolute Gasteiger partial charge is 0.311 e. The van der Waals surface area contributed by atoms with E-state index in [1.54, 1.807) is 6.92 Å². The number of hydrogen-bond donors (Lipinski definition) is 2. The van der Waals surface area contributed by atoms with Gasteiger partial charge < -0.3 is 10.2 Å². The van der Waals surface area contributed by atoms with Crippen molar-refractivity contribution in [3.05, 3.63) is 64.9 Å². The molecule has 3 rings (SSSR count). The maximum absolute atomic E-state index is 13.7. The van der Waals surface area contributed by atoms with Crippen molar-refractivity contribution in [3.8, 4) is 5.75 Å². The molecule has 0 fully saturated rings. The number of rotatable bonds is 6. The molecule has 0 amide bonds. The van der Waals surface area contributed by atoms with Crippen LogP contribution in [0.2, 0.25) is 0 Å². The van der Waals surface area contributed by atoms with Crippen molar-refractivity contribution < 1.29 is 28.6 Å². The molecule has 29 heavy (non-hydrogen) atoms. The van der Waals surface area contributed by atoms with Gasteiger partial charge in [-0.25, -0.2) is 8.78 Å². The second-order valence-electron chi connectivity index (χ2n) is 7.00. The average molecular weight is 401 g/mol. The van der Waals surface area contributed by atoms with Gasteiger partial charge in [0.05, 0.1) is 11.4 Å². The summed E-state index contributed by atoms with van der Waals surface area (Å²) in [7, 11) is 0. The largest absolute Gasteiger partial charge is 0.508 e. The number of carboxylic acids is 1. The molecule has 0 aliphatic heterocycles. The Balaban J connectivity index is 2.25. The lowest BCUT2D eigenvalue weighted by molar-refractivity contribution is -0.139. The van der Waals surface area contributed by atoms with Gasteiger partial charge in [-0.1, -0.05) is 19.8 Å². The number of phenolic OH excluding ortho intramolecular Hbond substituents is 1. The molecule has 0 bridgehead atoms. The minimum Gasteiger partial charge on any atom is -0.508 e. The zero-order valence-electron chi connectivity index (χ0n) is 16.1. The van der Waals surface area contributed by atoms with E-state index in [4.69, 9.17) is 0 Å². The molecule has 1 heterocycles. The molecule has 0 saturated heterocycles. The van der Waals surface area contributed by atoms with E-state index in [-0.39, 0.29) is 11.3 Å². The summed E-state index contributed by atoms with van der Waals surface area (Å²) in [5.41, 5.74) is 1.16. The first-order chi connectivity index (χ1) is 13.8. The second kappa shape index (κ2) is 8.03. The van der Waals surface area contributed by atoms with Crippen LogP contribution in [0.5, 0.6) is 5.75 Å². The lowest BCUT2D eigenvalue weighted by Gasteiger charge is -2.13. The molecular weight excluding hydrogens is 380 g/mol. The molecule has 2 aromatic carbocycles. The number of hydrogen-bond acceptors (Lipinski definition) is 3. The van der Waals surface area contributed by atoms with Crippen molar-refractivity contribution in [1.29, 1.82) is 0 Å². The summed E-state index contributed by atoms with van der Waals surface area (Å²) >= 11 is 0. The number of carbonyl (C=O) groups excluding carboxylic acids is 1. The molecule has 1 aromatic heterocycles. The lowest BCUT2D eigenvalue weighted by Crippen LogP contribution is -2.16. The van der Waals surface area contributed by atoms with Crippen molar-refractivity contribution in [2.45, 2.75) is 39.0 Å². The number of unbranched alkanes of at least 4 members (excludes halogenated alkanes) is 1. The summed E-state index contributed by atoms with van der Waals surface area (Å²) in [5.74, 6) is -4.76. The number of benzene rings is 2. The first-order valence-corrected chi connectivity index (χ1v) is 9.32. The zero-order valence-corrected chi connectivity index (χ0v) is 16.1. The van der Waals surface area contributed by atoms with Gasteiger partial charge in [-0.2, -0.15) is 0 Å². The van der Waals surface area contributed by atoms with Crippen molar-refractivity contribution in [2.24, 2.45) is 0 Å². The van der Waals surface area contributed by atoms with Crippen molar-refractivity contribution in [3.63, 3.8) is 0 Å². The molecule has 7 heteroatoms. The average Bonchev–Trinajstić information content (AvgIpc) is 2.95. The van der Waals surface area contributed by atoms with E-state index in [1.165, 1.54) is 28.8 Å². The first-order valence-electron chi connectivity index (χ1n) is 9.32. The van der Waals surface area contributed by atoms with Gasteiger partial charge in [-0.3, -0.25) is 14.2 Å². The van der Waals surface area contributed by atoms with E-state index >= 15 is 0 Å². The summed E-state index contributed by atoms with van der Waals surface area (Å²) in [6.45, 7) is 3.57. The van der Waals surface area contributed by atoms with E-state index in [9.17, 15) is 28.6 Å². The predicted octanol–water partition coefficient (Wildman–Crippen LogP) is 4.98. The van der Waals surface area contributed by atoms with E-state index < -0.39 is 29.4 Å². The Labute approximate surface area is 166 Å². The van der Waals surface area contributed by atoms with Crippen LogP contribution in [0.1, 0.15) is 53.7 Å². The highest BCUT2D eigenvalue weighted by molar-refractivity contribution is 6.05. The van der Waals surface area contributed by atoms with Crippen LogP contribution >= 0.6 is 0 Å². The quantitative estimate of drug-likeness (QED) is 0.611. The zero-order chi connectivity index (χ0) is 21.3.